The number of aromatic nitrogens is 5. The maximum Gasteiger partial charge on any atom is 0.255 e. The van der Waals surface area contributed by atoms with Gasteiger partial charge in [0, 0.05) is 62.7 Å². The SMILES string of the molecule is Cc1nn(-c2ccccc2)c(N2CCCCC2)c1CN1CCc2nc(-c3ccncc3)[nH]c(=O)c2C1. The second-order valence-corrected chi connectivity index (χ2v) is 9.72. The maximum atomic E-state index is 13.1. The Hall–Kier alpha value is -3.78. The summed E-state index contributed by atoms with van der Waals surface area (Å²) < 4.78 is 2.11. The Bertz CT molecular complexity index is 1410. The molecule has 0 saturated carbocycles. The van der Waals surface area contributed by atoms with Crippen LogP contribution in [-0.4, -0.2) is 49.3 Å². The number of piperidine rings is 1. The highest BCUT2D eigenvalue weighted by atomic mass is 16.1. The number of aryl methyl sites for hydroxylation is 1. The molecule has 184 valence electrons. The van der Waals surface area contributed by atoms with Gasteiger partial charge in [0.25, 0.3) is 5.56 Å². The largest absolute Gasteiger partial charge is 0.356 e. The van der Waals surface area contributed by atoms with E-state index >= 15 is 0 Å². The zero-order chi connectivity index (χ0) is 24.5. The fraction of sp³-hybridized carbons (Fsp3) is 0.357. The number of nitrogens with zero attached hydrogens (tertiary/aromatic N) is 6. The molecule has 4 aromatic rings. The Balaban J connectivity index is 1.31. The van der Waals surface area contributed by atoms with Crippen LogP contribution >= 0.6 is 0 Å². The Morgan fingerprint density at radius 3 is 2.53 bits per heavy atom. The minimum absolute atomic E-state index is 0.0514. The van der Waals surface area contributed by atoms with E-state index in [0.717, 1.165) is 60.8 Å². The molecule has 1 saturated heterocycles. The number of aromatic amines is 1. The van der Waals surface area contributed by atoms with Gasteiger partial charge in [0.1, 0.15) is 11.6 Å². The van der Waals surface area contributed by atoms with Gasteiger partial charge >= 0.3 is 0 Å². The molecule has 2 aliphatic rings. The third-order valence-electron chi connectivity index (χ3n) is 7.30. The average molecular weight is 482 g/mol. The van der Waals surface area contributed by atoms with Gasteiger partial charge in [-0.05, 0) is 50.5 Å². The van der Waals surface area contributed by atoms with E-state index in [0.29, 0.717) is 12.4 Å². The number of pyridine rings is 1. The molecule has 5 heterocycles. The minimum Gasteiger partial charge on any atom is -0.356 e. The monoisotopic (exact) mass is 481 g/mol. The van der Waals surface area contributed by atoms with Crippen LogP contribution in [0.3, 0.4) is 0 Å². The van der Waals surface area contributed by atoms with Crippen molar-refractivity contribution in [1.29, 1.82) is 0 Å². The minimum atomic E-state index is -0.0514. The first-order chi connectivity index (χ1) is 17.7. The molecular weight excluding hydrogens is 450 g/mol. The summed E-state index contributed by atoms with van der Waals surface area (Å²) in [6.45, 7) is 6.41. The predicted octanol–water partition coefficient (Wildman–Crippen LogP) is 3.87. The zero-order valence-electron chi connectivity index (χ0n) is 20.7. The molecule has 1 fully saturated rings. The summed E-state index contributed by atoms with van der Waals surface area (Å²) in [7, 11) is 0. The highest BCUT2D eigenvalue weighted by molar-refractivity contribution is 5.56. The van der Waals surface area contributed by atoms with Crippen molar-refractivity contribution in [1.82, 2.24) is 29.6 Å². The fourth-order valence-electron chi connectivity index (χ4n) is 5.40. The number of hydrogen-bond donors (Lipinski definition) is 1. The van der Waals surface area contributed by atoms with Crippen LogP contribution in [0.15, 0.2) is 59.7 Å². The number of rotatable bonds is 5. The van der Waals surface area contributed by atoms with Crippen LogP contribution in [-0.2, 0) is 19.5 Å². The second kappa shape index (κ2) is 9.70. The molecule has 0 spiro atoms. The van der Waals surface area contributed by atoms with E-state index < -0.39 is 0 Å². The number of hydrogen-bond acceptors (Lipinski definition) is 6. The van der Waals surface area contributed by atoms with Crippen LogP contribution in [0, 0.1) is 6.92 Å². The smallest absolute Gasteiger partial charge is 0.255 e. The highest BCUT2D eigenvalue weighted by Crippen LogP contribution is 2.32. The van der Waals surface area contributed by atoms with E-state index in [1.165, 1.54) is 30.6 Å². The Morgan fingerprint density at radius 2 is 1.75 bits per heavy atom. The summed E-state index contributed by atoms with van der Waals surface area (Å²) in [5.74, 6) is 1.81. The van der Waals surface area contributed by atoms with Gasteiger partial charge in [0.15, 0.2) is 0 Å². The number of anilines is 1. The van der Waals surface area contributed by atoms with Crippen molar-refractivity contribution in [2.24, 2.45) is 0 Å². The molecule has 1 N–H and O–H groups in total. The standard InChI is InChI=1S/C28H31N7O/c1-20-23(28(34-15-6-3-7-16-34)35(32-20)22-8-4-2-5-9-22)18-33-17-12-25-24(19-33)27(36)31-26(30-25)21-10-13-29-14-11-21/h2,4-5,8-11,13-14H,3,6-7,12,15-19H2,1H3,(H,30,31,36). The first kappa shape index (κ1) is 22.7. The Labute approximate surface area is 210 Å². The molecule has 0 radical (unpaired) electrons. The van der Waals surface area contributed by atoms with Crippen molar-refractivity contribution in [3.63, 3.8) is 0 Å². The lowest BCUT2D eigenvalue weighted by Crippen LogP contribution is -2.36. The zero-order valence-corrected chi connectivity index (χ0v) is 20.7. The van der Waals surface area contributed by atoms with Crippen molar-refractivity contribution < 1.29 is 0 Å². The van der Waals surface area contributed by atoms with Gasteiger partial charge in [-0.25, -0.2) is 9.67 Å². The molecule has 2 aliphatic heterocycles. The third-order valence-corrected chi connectivity index (χ3v) is 7.30. The molecule has 0 aliphatic carbocycles. The summed E-state index contributed by atoms with van der Waals surface area (Å²) in [5, 5.41) is 4.99. The van der Waals surface area contributed by atoms with Crippen LogP contribution in [0.5, 0.6) is 0 Å². The van der Waals surface area contributed by atoms with Crippen LogP contribution in [0.4, 0.5) is 5.82 Å². The van der Waals surface area contributed by atoms with Crippen LogP contribution < -0.4 is 10.5 Å². The van der Waals surface area contributed by atoms with E-state index in [4.69, 9.17) is 10.1 Å². The van der Waals surface area contributed by atoms with Gasteiger partial charge in [-0.3, -0.25) is 14.7 Å². The van der Waals surface area contributed by atoms with E-state index in [-0.39, 0.29) is 5.56 Å². The van der Waals surface area contributed by atoms with Crippen molar-refractivity contribution in [3.8, 4) is 17.1 Å². The highest BCUT2D eigenvalue weighted by Gasteiger charge is 2.27. The van der Waals surface area contributed by atoms with Crippen molar-refractivity contribution in [2.45, 2.75) is 45.7 Å². The lowest BCUT2D eigenvalue weighted by atomic mass is 10.0. The number of para-hydroxylation sites is 1. The molecular formula is C28H31N7O. The van der Waals surface area contributed by atoms with Crippen LogP contribution in [0.2, 0.25) is 0 Å². The molecule has 1 aromatic carbocycles. The van der Waals surface area contributed by atoms with E-state index in [1.807, 2.05) is 18.2 Å². The summed E-state index contributed by atoms with van der Waals surface area (Å²) in [6, 6.07) is 14.1. The summed E-state index contributed by atoms with van der Waals surface area (Å²) >= 11 is 0. The van der Waals surface area contributed by atoms with E-state index in [1.54, 1.807) is 12.4 Å². The topological polar surface area (TPSA) is 82.9 Å². The van der Waals surface area contributed by atoms with Gasteiger partial charge in [0.05, 0.1) is 22.6 Å². The van der Waals surface area contributed by atoms with Crippen molar-refractivity contribution >= 4 is 5.82 Å². The maximum absolute atomic E-state index is 13.1. The number of nitrogens with one attached hydrogen (secondary N) is 1. The van der Waals surface area contributed by atoms with Crippen LogP contribution in [0.1, 0.15) is 41.8 Å². The normalized spacial score (nSPS) is 16.2. The molecule has 0 unspecified atom stereocenters. The van der Waals surface area contributed by atoms with Gasteiger partial charge in [-0.1, -0.05) is 18.2 Å². The Kier molecular flexibility index (Phi) is 6.11. The number of benzene rings is 1. The van der Waals surface area contributed by atoms with Crippen LogP contribution in [0.25, 0.3) is 17.1 Å². The summed E-state index contributed by atoms with van der Waals surface area (Å²) in [6.07, 6.45) is 7.88. The predicted molar refractivity (Wildman–Crippen MR) is 140 cm³/mol. The molecule has 8 heteroatoms. The van der Waals surface area contributed by atoms with Crippen molar-refractivity contribution in [2.75, 3.05) is 24.5 Å². The molecule has 0 atom stereocenters. The van der Waals surface area contributed by atoms with Crippen molar-refractivity contribution in [3.05, 3.63) is 87.7 Å². The fourth-order valence-corrected chi connectivity index (χ4v) is 5.40. The van der Waals surface area contributed by atoms with Gasteiger partial charge in [-0.2, -0.15) is 5.10 Å². The molecule has 0 bridgehead atoms. The average Bonchev–Trinajstić information content (AvgIpc) is 3.26. The number of fused-ring (bicyclic) bond motifs is 1. The summed E-state index contributed by atoms with van der Waals surface area (Å²) in [4.78, 5) is 29.8. The lowest BCUT2D eigenvalue weighted by molar-refractivity contribution is 0.241. The van der Waals surface area contributed by atoms with Gasteiger partial charge < -0.3 is 9.88 Å². The first-order valence-electron chi connectivity index (χ1n) is 12.8. The van der Waals surface area contributed by atoms with E-state index in [9.17, 15) is 4.79 Å². The molecule has 36 heavy (non-hydrogen) atoms. The second-order valence-electron chi connectivity index (χ2n) is 9.72. The van der Waals surface area contributed by atoms with E-state index in [2.05, 4.69) is 55.6 Å². The lowest BCUT2D eigenvalue weighted by Gasteiger charge is -2.32. The molecule has 6 rings (SSSR count). The number of H-pyrrole nitrogens is 1. The van der Waals surface area contributed by atoms with Gasteiger partial charge in [0.2, 0.25) is 0 Å². The van der Waals surface area contributed by atoms with Gasteiger partial charge in [-0.15, -0.1) is 0 Å². The molecule has 8 nitrogen and oxygen atoms in total. The summed E-state index contributed by atoms with van der Waals surface area (Å²) in [5.41, 5.74) is 5.88. The molecule has 3 aromatic heterocycles. The third kappa shape index (κ3) is 4.33. The first-order valence-corrected chi connectivity index (χ1v) is 12.8. The molecule has 0 amide bonds. The quantitative estimate of drug-likeness (QED) is 0.466. The Morgan fingerprint density at radius 1 is 0.972 bits per heavy atom.